The molecule has 0 radical (unpaired) electrons. The Labute approximate surface area is 162 Å². The van der Waals surface area contributed by atoms with Crippen molar-refractivity contribution in [3.63, 3.8) is 0 Å². The van der Waals surface area contributed by atoms with Crippen LogP contribution in [0.5, 0.6) is 0 Å². The quantitative estimate of drug-likeness (QED) is 0.685. The summed E-state index contributed by atoms with van der Waals surface area (Å²) in [6.45, 7) is 6.70. The summed E-state index contributed by atoms with van der Waals surface area (Å²) in [6, 6.07) is 3.93. The lowest BCUT2D eigenvalue weighted by molar-refractivity contribution is -0.118. The third-order valence-corrected chi connectivity index (χ3v) is 5.17. The summed E-state index contributed by atoms with van der Waals surface area (Å²) in [5.41, 5.74) is 5.11. The summed E-state index contributed by atoms with van der Waals surface area (Å²) in [6.07, 6.45) is 2.51. The van der Waals surface area contributed by atoms with Gasteiger partial charge in [0.15, 0.2) is 5.69 Å². The maximum absolute atomic E-state index is 12.9. The normalized spacial score (nSPS) is 11.1. The minimum Gasteiger partial charge on any atom is -0.383 e. The summed E-state index contributed by atoms with van der Waals surface area (Å²) in [4.78, 5) is 42.4. The van der Waals surface area contributed by atoms with Crippen molar-refractivity contribution in [3.8, 4) is 0 Å². The second-order valence-electron chi connectivity index (χ2n) is 6.98. The molecule has 2 heterocycles. The van der Waals surface area contributed by atoms with E-state index in [1.807, 2.05) is 38.3 Å². The van der Waals surface area contributed by atoms with Crippen molar-refractivity contribution < 1.29 is 4.79 Å². The zero-order valence-corrected chi connectivity index (χ0v) is 17.0. The first-order valence-corrected chi connectivity index (χ1v) is 10.2. The van der Waals surface area contributed by atoms with E-state index in [-0.39, 0.29) is 29.8 Å². The van der Waals surface area contributed by atoms with Crippen LogP contribution in [0.25, 0.3) is 0 Å². The molecule has 0 saturated heterocycles. The molecule has 8 heteroatoms. The highest BCUT2D eigenvalue weighted by atomic mass is 32.1. The Morgan fingerprint density at radius 1 is 1.37 bits per heavy atom. The molecule has 0 aliphatic heterocycles. The number of unbranched alkanes of at least 4 members (excludes halogenated alkanes) is 1. The van der Waals surface area contributed by atoms with Crippen molar-refractivity contribution in [3.05, 3.63) is 43.2 Å². The van der Waals surface area contributed by atoms with Crippen LogP contribution < -0.4 is 21.9 Å². The average Bonchev–Trinajstić information content (AvgIpc) is 3.12. The molecule has 7 nitrogen and oxygen atoms in total. The molecule has 2 aromatic heterocycles. The number of hydrogen-bond donors (Lipinski definition) is 2. The number of thiophene rings is 1. The van der Waals surface area contributed by atoms with Crippen molar-refractivity contribution in [1.29, 1.82) is 0 Å². The molecule has 2 rings (SSSR count). The lowest BCUT2D eigenvalue weighted by Crippen LogP contribution is -2.42. The third kappa shape index (κ3) is 5.32. The van der Waals surface area contributed by atoms with Gasteiger partial charge in [0.05, 0.1) is 0 Å². The number of amides is 1. The number of nitrogen functional groups attached to an aromatic ring is 1. The maximum Gasteiger partial charge on any atom is 0.330 e. The van der Waals surface area contributed by atoms with Crippen LogP contribution in [-0.4, -0.2) is 22.0 Å². The number of carbonyl (C=O) groups excluding carboxylic acids is 1. The number of carbonyl (C=O) groups is 1. The first-order chi connectivity index (χ1) is 12.8. The average molecular weight is 393 g/mol. The molecule has 0 saturated carbocycles. The zero-order chi connectivity index (χ0) is 20.0. The van der Waals surface area contributed by atoms with Crippen LogP contribution in [0.2, 0.25) is 0 Å². The Kier molecular flexibility index (Phi) is 7.41. The third-order valence-electron chi connectivity index (χ3n) is 4.23. The van der Waals surface area contributed by atoms with Crippen molar-refractivity contribution >= 4 is 28.7 Å². The zero-order valence-electron chi connectivity index (χ0n) is 16.2. The van der Waals surface area contributed by atoms with Crippen molar-refractivity contribution in [1.82, 2.24) is 9.55 Å². The van der Waals surface area contributed by atoms with Crippen LogP contribution in [0.3, 0.4) is 0 Å². The van der Waals surface area contributed by atoms with Crippen molar-refractivity contribution in [2.75, 3.05) is 17.2 Å². The fraction of sp³-hybridized carbons (Fsp3) is 0.526. The van der Waals surface area contributed by atoms with Gasteiger partial charge in [0.2, 0.25) is 5.91 Å². The Morgan fingerprint density at radius 2 is 2.11 bits per heavy atom. The van der Waals surface area contributed by atoms with Gasteiger partial charge in [-0.25, -0.2) is 4.79 Å². The first-order valence-electron chi connectivity index (χ1n) is 9.30. The molecule has 0 unspecified atom stereocenters. The Bertz CT molecular complexity index is 868. The van der Waals surface area contributed by atoms with E-state index in [0.29, 0.717) is 19.5 Å². The molecule has 0 aromatic carbocycles. The molecule has 0 bridgehead atoms. The second-order valence-corrected chi connectivity index (χ2v) is 8.01. The van der Waals surface area contributed by atoms with Crippen LogP contribution >= 0.6 is 11.3 Å². The first kappa shape index (κ1) is 21.0. The number of nitrogens with two attached hydrogens (primary N) is 1. The van der Waals surface area contributed by atoms with E-state index in [1.165, 1.54) is 9.47 Å². The van der Waals surface area contributed by atoms with Crippen LogP contribution in [0.15, 0.2) is 27.1 Å². The molecule has 1 amide bonds. The molecule has 2 aromatic rings. The van der Waals surface area contributed by atoms with Crippen molar-refractivity contribution in [2.24, 2.45) is 5.92 Å². The number of aryl methyl sites for hydroxylation is 1. The summed E-state index contributed by atoms with van der Waals surface area (Å²) in [5.74, 6) is 0.0594. The summed E-state index contributed by atoms with van der Waals surface area (Å²) in [5, 5.41) is 1.97. The molecule has 148 valence electrons. The van der Waals surface area contributed by atoms with E-state index in [9.17, 15) is 14.4 Å². The number of aromatic nitrogens is 2. The standard InChI is InChI=1S/C19H28N4O3S/c1-4-5-10-22(15(24)9-8-14-7-6-11-27-14)16-17(20)23(12-13(2)3)19(26)21-18(16)25/h6-7,11,13H,4-5,8-10,12,20H2,1-3H3,(H,21,25,26). The number of rotatable bonds is 9. The van der Waals surface area contributed by atoms with Gasteiger partial charge in [-0.3, -0.25) is 19.1 Å². The number of anilines is 2. The predicted molar refractivity (Wildman–Crippen MR) is 110 cm³/mol. The minimum absolute atomic E-state index is 0.0537. The SMILES string of the molecule is CCCCN(C(=O)CCc1cccs1)c1c(N)n(CC(C)C)c(=O)[nH]c1=O. The van der Waals surface area contributed by atoms with Crippen LogP contribution in [0.4, 0.5) is 11.5 Å². The Hall–Kier alpha value is -2.35. The molecule has 0 aliphatic carbocycles. The summed E-state index contributed by atoms with van der Waals surface area (Å²) >= 11 is 1.60. The largest absolute Gasteiger partial charge is 0.383 e. The fourth-order valence-corrected chi connectivity index (χ4v) is 3.59. The van der Waals surface area contributed by atoms with Gasteiger partial charge in [0, 0.05) is 24.4 Å². The fourth-order valence-electron chi connectivity index (χ4n) is 2.88. The van der Waals surface area contributed by atoms with Crippen LogP contribution in [-0.2, 0) is 17.8 Å². The van der Waals surface area contributed by atoms with E-state index in [2.05, 4.69) is 4.98 Å². The predicted octanol–water partition coefficient (Wildman–Crippen LogP) is 2.60. The van der Waals surface area contributed by atoms with Gasteiger partial charge >= 0.3 is 5.69 Å². The Balaban J connectivity index is 2.38. The molecular weight excluding hydrogens is 364 g/mol. The molecule has 0 spiro atoms. The number of H-pyrrole nitrogens is 1. The van der Waals surface area contributed by atoms with Gasteiger partial charge in [-0.2, -0.15) is 0 Å². The summed E-state index contributed by atoms with van der Waals surface area (Å²) < 4.78 is 1.34. The maximum atomic E-state index is 12.9. The minimum atomic E-state index is -0.613. The van der Waals surface area contributed by atoms with Crippen molar-refractivity contribution in [2.45, 2.75) is 53.0 Å². The lowest BCUT2D eigenvalue weighted by Gasteiger charge is -2.25. The number of nitrogens with one attached hydrogen (secondary N) is 1. The van der Waals surface area contributed by atoms with E-state index in [1.54, 1.807) is 11.3 Å². The van der Waals surface area contributed by atoms with E-state index in [4.69, 9.17) is 5.73 Å². The molecule has 0 atom stereocenters. The lowest BCUT2D eigenvalue weighted by atomic mass is 10.2. The molecule has 27 heavy (non-hydrogen) atoms. The Morgan fingerprint density at radius 3 is 2.70 bits per heavy atom. The van der Waals surface area contributed by atoms with E-state index in [0.717, 1.165) is 17.7 Å². The van der Waals surface area contributed by atoms with Gasteiger partial charge in [0.25, 0.3) is 5.56 Å². The highest BCUT2D eigenvalue weighted by Gasteiger charge is 2.24. The number of hydrogen-bond acceptors (Lipinski definition) is 5. The number of nitrogens with zero attached hydrogens (tertiary/aromatic N) is 2. The smallest absolute Gasteiger partial charge is 0.330 e. The molecule has 3 N–H and O–H groups in total. The number of aromatic amines is 1. The monoisotopic (exact) mass is 392 g/mol. The molecule has 0 aliphatic rings. The molecular formula is C19H28N4O3S. The topological polar surface area (TPSA) is 101 Å². The van der Waals surface area contributed by atoms with Gasteiger partial charge < -0.3 is 10.6 Å². The summed E-state index contributed by atoms with van der Waals surface area (Å²) in [7, 11) is 0. The highest BCUT2D eigenvalue weighted by molar-refractivity contribution is 7.09. The molecule has 0 fully saturated rings. The van der Waals surface area contributed by atoms with Gasteiger partial charge in [-0.15, -0.1) is 11.3 Å². The highest BCUT2D eigenvalue weighted by Crippen LogP contribution is 2.20. The van der Waals surface area contributed by atoms with Crippen LogP contribution in [0.1, 0.15) is 44.9 Å². The van der Waals surface area contributed by atoms with Gasteiger partial charge in [-0.05, 0) is 30.2 Å². The van der Waals surface area contributed by atoms with E-state index >= 15 is 0 Å². The van der Waals surface area contributed by atoms with Crippen LogP contribution in [0, 0.1) is 5.92 Å². The van der Waals surface area contributed by atoms with Gasteiger partial charge in [-0.1, -0.05) is 33.3 Å². The van der Waals surface area contributed by atoms with Gasteiger partial charge in [0.1, 0.15) is 5.82 Å². The second kappa shape index (κ2) is 9.55. The van der Waals surface area contributed by atoms with E-state index < -0.39 is 11.2 Å².